The average molecular weight is 262 g/mol. The van der Waals surface area contributed by atoms with E-state index < -0.39 is 0 Å². The SMILES string of the molecule is Cc1cc(O)ccc1C(=O)N1C(C)CCCC1CN. The Kier molecular flexibility index (Phi) is 4.10. The first-order chi connectivity index (χ1) is 9.04. The maximum Gasteiger partial charge on any atom is 0.254 e. The van der Waals surface area contributed by atoms with Gasteiger partial charge in [0.1, 0.15) is 5.75 Å². The number of aromatic hydroxyl groups is 1. The lowest BCUT2D eigenvalue weighted by Crippen LogP contribution is -2.52. The first-order valence-corrected chi connectivity index (χ1v) is 6.87. The van der Waals surface area contributed by atoms with Crippen molar-refractivity contribution in [2.75, 3.05) is 6.54 Å². The fourth-order valence-corrected chi connectivity index (χ4v) is 2.91. The third-order valence-corrected chi connectivity index (χ3v) is 3.97. The summed E-state index contributed by atoms with van der Waals surface area (Å²) in [5.74, 6) is 0.219. The number of rotatable bonds is 2. The van der Waals surface area contributed by atoms with Crippen LogP contribution in [0.2, 0.25) is 0 Å². The molecule has 1 aromatic carbocycles. The van der Waals surface area contributed by atoms with Crippen LogP contribution in [0.4, 0.5) is 0 Å². The summed E-state index contributed by atoms with van der Waals surface area (Å²) in [5.41, 5.74) is 7.26. The Morgan fingerprint density at radius 1 is 1.47 bits per heavy atom. The summed E-state index contributed by atoms with van der Waals surface area (Å²) >= 11 is 0. The molecule has 1 aromatic rings. The average Bonchev–Trinajstić information content (AvgIpc) is 2.37. The number of hydrogen-bond donors (Lipinski definition) is 2. The van der Waals surface area contributed by atoms with Crippen molar-refractivity contribution in [1.29, 1.82) is 0 Å². The third-order valence-electron chi connectivity index (χ3n) is 3.97. The first-order valence-electron chi connectivity index (χ1n) is 6.87. The van der Waals surface area contributed by atoms with Gasteiger partial charge in [0, 0.05) is 24.2 Å². The molecule has 4 heteroatoms. The molecule has 4 nitrogen and oxygen atoms in total. The quantitative estimate of drug-likeness (QED) is 0.857. The summed E-state index contributed by atoms with van der Waals surface area (Å²) in [4.78, 5) is 14.6. The van der Waals surface area contributed by atoms with Crippen LogP contribution in [0, 0.1) is 6.92 Å². The van der Waals surface area contributed by atoms with Gasteiger partial charge in [0.15, 0.2) is 0 Å². The number of phenolic OH excluding ortho intramolecular Hbond substituents is 1. The topological polar surface area (TPSA) is 66.6 Å². The normalized spacial score (nSPS) is 23.4. The number of aryl methyl sites for hydroxylation is 1. The van der Waals surface area contributed by atoms with E-state index in [2.05, 4.69) is 6.92 Å². The molecule has 1 fully saturated rings. The smallest absolute Gasteiger partial charge is 0.254 e. The maximum absolute atomic E-state index is 12.7. The molecule has 0 spiro atoms. The number of piperidine rings is 1. The molecule has 1 amide bonds. The van der Waals surface area contributed by atoms with Crippen molar-refractivity contribution in [3.63, 3.8) is 0 Å². The Morgan fingerprint density at radius 2 is 2.21 bits per heavy atom. The van der Waals surface area contributed by atoms with Crippen molar-refractivity contribution in [3.05, 3.63) is 29.3 Å². The van der Waals surface area contributed by atoms with E-state index in [0.717, 1.165) is 24.8 Å². The number of amides is 1. The number of nitrogens with zero attached hydrogens (tertiary/aromatic N) is 1. The highest BCUT2D eigenvalue weighted by molar-refractivity contribution is 5.96. The molecule has 19 heavy (non-hydrogen) atoms. The molecule has 1 heterocycles. The van der Waals surface area contributed by atoms with Crippen molar-refractivity contribution in [2.24, 2.45) is 5.73 Å². The first kappa shape index (κ1) is 13.9. The van der Waals surface area contributed by atoms with Gasteiger partial charge in [-0.05, 0) is 56.9 Å². The second-order valence-corrected chi connectivity index (χ2v) is 5.38. The van der Waals surface area contributed by atoms with Gasteiger partial charge >= 0.3 is 0 Å². The van der Waals surface area contributed by atoms with Crippen LogP contribution in [0.15, 0.2) is 18.2 Å². The minimum atomic E-state index is 0.0279. The van der Waals surface area contributed by atoms with Crippen LogP contribution >= 0.6 is 0 Å². The second-order valence-electron chi connectivity index (χ2n) is 5.38. The van der Waals surface area contributed by atoms with Crippen LogP contribution in [-0.2, 0) is 0 Å². The Balaban J connectivity index is 2.30. The van der Waals surface area contributed by atoms with Crippen molar-refractivity contribution in [2.45, 2.75) is 45.2 Å². The van der Waals surface area contributed by atoms with E-state index in [1.165, 1.54) is 0 Å². The fraction of sp³-hybridized carbons (Fsp3) is 0.533. The van der Waals surface area contributed by atoms with E-state index in [9.17, 15) is 9.90 Å². The predicted octanol–water partition coefficient (Wildman–Crippen LogP) is 2.04. The summed E-state index contributed by atoms with van der Waals surface area (Å²) in [6, 6.07) is 5.24. The molecule has 0 aliphatic carbocycles. The standard InChI is InChI=1S/C15H22N2O2/c1-10-8-13(18)6-7-14(10)15(19)17-11(2)4-3-5-12(17)9-16/h6-8,11-12,18H,3-5,9,16H2,1-2H3. The lowest BCUT2D eigenvalue weighted by atomic mass is 9.94. The van der Waals surface area contributed by atoms with Gasteiger partial charge in [0.25, 0.3) is 5.91 Å². The highest BCUT2D eigenvalue weighted by Crippen LogP contribution is 2.26. The number of hydrogen-bond acceptors (Lipinski definition) is 3. The maximum atomic E-state index is 12.7. The van der Waals surface area contributed by atoms with Crippen molar-refractivity contribution >= 4 is 5.91 Å². The molecule has 2 rings (SSSR count). The van der Waals surface area contributed by atoms with Crippen LogP contribution in [0.3, 0.4) is 0 Å². The predicted molar refractivity (Wildman–Crippen MR) is 75.2 cm³/mol. The minimum Gasteiger partial charge on any atom is -0.508 e. The van der Waals surface area contributed by atoms with Crippen molar-refractivity contribution in [3.8, 4) is 5.75 Å². The molecular weight excluding hydrogens is 240 g/mol. The molecule has 0 bridgehead atoms. The molecule has 1 aliphatic rings. The number of carbonyl (C=O) groups is 1. The summed E-state index contributed by atoms with van der Waals surface area (Å²) in [6.07, 6.45) is 3.13. The van der Waals surface area contributed by atoms with Gasteiger partial charge in [-0.25, -0.2) is 0 Å². The molecule has 1 saturated heterocycles. The summed E-state index contributed by atoms with van der Waals surface area (Å²) in [6.45, 7) is 4.43. The number of nitrogens with two attached hydrogens (primary N) is 1. The molecule has 0 aromatic heterocycles. The zero-order chi connectivity index (χ0) is 14.0. The Bertz CT molecular complexity index is 473. The van der Waals surface area contributed by atoms with Gasteiger partial charge in [0.05, 0.1) is 0 Å². The van der Waals surface area contributed by atoms with Gasteiger partial charge in [-0.15, -0.1) is 0 Å². The van der Waals surface area contributed by atoms with Crippen LogP contribution in [0.1, 0.15) is 42.1 Å². The highest BCUT2D eigenvalue weighted by Gasteiger charge is 2.31. The van der Waals surface area contributed by atoms with Gasteiger partial charge < -0.3 is 15.7 Å². The van der Waals surface area contributed by atoms with Crippen LogP contribution in [0.5, 0.6) is 5.75 Å². The number of benzene rings is 1. The van der Waals surface area contributed by atoms with Crippen LogP contribution in [-0.4, -0.2) is 34.5 Å². The minimum absolute atomic E-state index is 0.0279. The van der Waals surface area contributed by atoms with Crippen molar-refractivity contribution < 1.29 is 9.90 Å². The second kappa shape index (κ2) is 5.61. The molecular formula is C15H22N2O2. The van der Waals surface area contributed by atoms with E-state index >= 15 is 0 Å². The number of carbonyl (C=O) groups excluding carboxylic acids is 1. The molecule has 1 aliphatic heterocycles. The molecule has 3 N–H and O–H groups in total. The molecule has 0 saturated carbocycles. The van der Waals surface area contributed by atoms with Crippen LogP contribution < -0.4 is 5.73 Å². The van der Waals surface area contributed by atoms with Crippen molar-refractivity contribution in [1.82, 2.24) is 4.90 Å². The fourth-order valence-electron chi connectivity index (χ4n) is 2.91. The number of likely N-dealkylation sites (tertiary alicyclic amines) is 1. The molecule has 0 radical (unpaired) electrons. The zero-order valence-electron chi connectivity index (χ0n) is 11.6. The van der Waals surface area contributed by atoms with Gasteiger partial charge in [0.2, 0.25) is 0 Å². The molecule has 104 valence electrons. The lowest BCUT2D eigenvalue weighted by molar-refractivity contribution is 0.0493. The van der Waals surface area contributed by atoms with E-state index in [-0.39, 0.29) is 23.7 Å². The Morgan fingerprint density at radius 3 is 2.84 bits per heavy atom. The summed E-state index contributed by atoms with van der Waals surface area (Å²) in [5, 5.41) is 9.43. The van der Waals surface area contributed by atoms with Gasteiger partial charge in [-0.2, -0.15) is 0 Å². The highest BCUT2D eigenvalue weighted by atomic mass is 16.3. The van der Waals surface area contributed by atoms with E-state index in [4.69, 9.17) is 5.73 Å². The number of phenols is 1. The van der Waals surface area contributed by atoms with Crippen LogP contribution in [0.25, 0.3) is 0 Å². The Labute approximate surface area is 114 Å². The summed E-state index contributed by atoms with van der Waals surface area (Å²) < 4.78 is 0. The van der Waals surface area contributed by atoms with E-state index in [1.54, 1.807) is 18.2 Å². The summed E-state index contributed by atoms with van der Waals surface area (Å²) in [7, 11) is 0. The lowest BCUT2D eigenvalue weighted by Gasteiger charge is -2.40. The zero-order valence-corrected chi connectivity index (χ0v) is 11.6. The Hall–Kier alpha value is -1.55. The van der Waals surface area contributed by atoms with Gasteiger partial charge in [-0.1, -0.05) is 0 Å². The van der Waals surface area contributed by atoms with Gasteiger partial charge in [-0.3, -0.25) is 4.79 Å². The largest absolute Gasteiger partial charge is 0.508 e. The monoisotopic (exact) mass is 262 g/mol. The third kappa shape index (κ3) is 2.73. The van der Waals surface area contributed by atoms with E-state index in [1.807, 2.05) is 11.8 Å². The molecule has 2 atom stereocenters. The molecule has 2 unspecified atom stereocenters. The van der Waals surface area contributed by atoms with E-state index in [0.29, 0.717) is 12.1 Å².